The highest BCUT2D eigenvalue weighted by Crippen LogP contribution is 2.31. The lowest BCUT2D eigenvalue weighted by atomic mass is 9.97. The number of nitrogens with two attached hydrogens (primary N) is 1. The molecule has 2 rings (SSSR count). The van der Waals surface area contributed by atoms with E-state index in [4.69, 9.17) is 5.73 Å². The lowest BCUT2D eigenvalue weighted by molar-refractivity contribution is -0.384. The Kier molecular flexibility index (Phi) is 3.41. The number of nitro groups is 1. The van der Waals surface area contributed by atoms with E-state index in [1.165, 1.54) is 18.5 Å². The second kappa shape index (κ2) is 5.01. The number of nitrogens with zero attached hydrogens (tertiary/aromatic N) is 3. The first kappa shape index (κ1) is 12.9. The molecule has 19 heavy (non-hydrogen) atoms. The normalized spacial score (nSPS) is 10.7. The summed E-state index contributed by atoms with van der Waals surface area (Å²) in [5.74, 6) is 0.543. The van der Waals surface area contributed by atoms with Crippen molar-refractivity contribution in [1.82, 2.24) is 9.97 Å². The van der Waals surface area contributed by atoms with Crippen LogP contribution in [-0.4, -0.2) is 14.9 Å². The molecular formula is C13H14N4O2. The molecular weight excluding hydrogens is 244 g/mol. The minimum Gasteiger partial charge on any atom is -0.383 e. The quantitative estimate of drug-likeness (QED) is 0.674. The number of anilines is 1. The van der Waals surface area contributed by atoms with Gasteiger partial charge < -0.3 is 5.73 Å². The van der Waals surface area contributed by atoms with Crippen LogP contribution in [0.3, 0.4) is 0 Å². The average Bonchev–Trinajstić information content (AvgIpc) is 2.38. The molecule has 1 aromatic heterocycles. The standard InChI is InChI=1S/C13H14N4O2/c1-8(2)11-12(15-7-16-13(11)14)9-4-3-5-10(6-9)17(18)19/h3-8H,1-2H3,(H2,14,15,16). The largest absolute Gasteiger partial charge is 0.383 e. The number of hydrogen-bond donors (Lipinski definition) is 1. The van der Waals surface area contributed by atoms with E-state index in [2.05, 4.69) is 9.97 Å². The smallest absolute Gasteiger partial charge is 0.270 e. The third-order valence-electron chi connectivity index (χ3n) is 2.82. The Hall–Kier alpha value is -2.50. The van der Waals surface area contributed by atoms with Crippen LogP contribution in [0.1, 0.15) is 25.3 Å². The fourth-order valence-electron chi connectivity index (χ4n) is 1.98. The molecule has 2 aromatic rings. The Morgan fingerprint density at radius 2 is 2.05 bits per heavy atom. The maximum Gasteiger partial charge on any atom is 0.270 e. The van der Waals surface area contributed by atoms with Gasteiger partial charge in [-0.25, -0.2) is 9.97 Å². The molecule has 1 heterocycles. The highest BCUT2D eigenvalue weighted by atomic mass is 16.6. The number of rotatable bonds is 3. The van der Waals surface area contributed by atoms with Crippen molar-refractivity contribution in [3.05, 3.63) is 46.3 Å². The number of benzene rings is 1. The van der Waals surface area contributed by atoms with Gasteiger partial charge in [-0.05, 0) is 5.92 Å². The lowest BCUT2D eigenvalue weighted by Crippen LogP contribution is -2.04. The monoisotopic (exact) mass is 258 g/mol. The molecule has 6 nitrogen and oxygen atoms in total. The van der Waals surface area contributed by atoms with Crippen LogP contribution in [0.5, 0.6) is 0 Å². The fraction of sp³-hybridized carbons (Fsp3) is 0.231. The maximum absolute atomic E-state index is 10.8. The van der Waals surface area contributed by atoms with E-state index < -0.39 is 4.92 Å². The predicted molar refractivity (Wildman–Crippen MR) is 72.6 cm³/mol. The molecule has 0 radical (unpaired) electrons. The molecule has 2 N–H and O–H groups in total. The third-order valence-corrected chi connectivity index (χ3v) is 2.82. The van der Waals surface area contributed by atoms with Crippen LogP contribution in [0, 0.1) is 10.1 Å². The van der Waals surface area contributed by atoms with Gasteiger partial charge in [0.25, 0.3) is 5.69 Å². The molecule has 0 spiro atoms. The van der Waals surface area contributed by atoms with E-state index in [1.807, 2.05) is 13.8 Å². The molecule has 0 bridgehead atoms. The van der Waals surface area contributed by atoms with Crippen molar-refractivity contribution >= 4 is 11.5 Å². The molecule has 0 unspecified atom stereocenters. The summed E-state index contributed by atoms with van der Waals surface area (Å²) in [5.41, 5.74) is 8.03. The third kappa shape index (κ3) is 2.52. The van der Waals surface area contributed by atoms with Crippen LogP contribution in [0.15, 0.2) is 30.6 Å². The zero-order chi connectivity index (χ0) is 14.0. The number of hydrogen-bond acceptors (Lipinski definition) is 5. The van der Waals surface area contributed by atoms with Crippen molar-refractivity contribution in [1.29, 1.82) is 0 Å². The average molecular weight is 258 g/mol. The van der Waals surface area contributed by atoms with Gasteiger partial charge in [0, 0.05) is 23.3 Å². The number of nitrogen functional groups attached to an aromatic ring is 1. The Bertz CT molecular complexity index is 626. The molecule has 6 heteroatoms. The van der Waals surface area contributed by atoms with Crippen molar-refractivity contribution in [2.45, 2.75) is 19.8 Å². The Labute approximate surface area is 110 Å². The van der Waals surface area contributed by atoms with Gasteiger partial charge in [-0.1, -0.05) is 26.0 Å². The van der Waals surface area contributed by atoms with Gasteiger partial charge in [-0.3, -0.25) is 10.1 Å². The summed E-state index contributed by atoms with van der Waals surface area (Å²) < 4.78 is 0. The van der Waals surface area contributed by atoms with E-state index in [9.17, 15) is 10.1 Å². The minimum absolute atomic E-state index is 0.0318. The molecule has 0 atom stereocenters. The summed E-state index contributed by atoms with van der Waals surface area (Å²) in [5, 5.41) is 10.8. The molecule has 0 saturated carbocycles. The topological polar surface area (TPSA) is 94.9 Å². The fourth-order valence-corrected chi connectivity index (χ4v) is 1.98. The molecule has 0 aliphatic carbocycles. The zero-order valence-corrected chi connectivity index (χ0v) is 10.7. The SMILES string of the molecule is CC(C)c1c(N)ncnc1-c1cccc([N+](=O)[O-])c1. The van der Waals surface area contributed by atoms with Gasteiger partial charge in [-0.15, -0.1) is 0 Å². The second-order valence-corrected chi connectivity index (χ2v) is 4.48. The zero-order valence-electron chi connectivity index (χ0n) is 10.7. The van der Waals surface area contributed by atoms with Crippen molar-refractivity contribution < 1.29 is 4.92 Å². The molecule has 0 amide bonds. The van der Waals surface area contributed by atoms with E-state index >= 15 is 0 Å². The molecule has 0 aliphatic rings. The first-order valence-corrected chi connectivity index (χ1v) is 5.86. The van der Waals surface area contributed by atoms with Crippen LogP contribution in [0.2, 0.25) is 0 Å². The number of nitro benzene ring substituents is 1. The van der Waals surface area contributed by atoms with Gasteiger partial charge in [0.15, 0.2) is 0 Å². The minimum atomic E-state index is -0.427. The van der Waals surface area contributed by atoms with Crippen LogP contribution in [-0.2, 0) is 0 Å². The molecule has 1 aromatic carbocycles. The van der Waals surface area contributed by atoms with E-state index in [0.717, 1.165) is 5.56 Å². The van der Waals surface area contributed by atoms with Crippen LogP contribution < -0.4 is 5.73 Å². The van der Waals surface area contributed by atoms with Crippen LogP contribution >= 0.6 is 0 Å². The highest BCUT2D eigenvalue weighted by Gasteiger charge is 2.16. The summed E-state index contributed by atoms with van der Waals surface area (Å²) in [7, 11) is 0. The van der Waals surface area contributed by atoms with Gasteiger partial charge in [0.05, 0.1) is 10.6 Å². The predicted octanol–water partition coefficient (Wildman–Crippen LogP) is 2.76. The molecule has 0 saturated heterocycles. The number of non-ortho nitro benzene ring substituents is 1. The summed E-state index contributed by atoms with van der Waals surface area (Å²) in [6, 6.07) is 6.35. The molecule has 0 fully saturated rings. The van der Waals surface area contributed by atoms with Gasteiger partial charge in [0.1, 0.15) is 12.1 Å². The Morgan fingerprint density at radius 3 is 2.68 bits per heavy atom. The number of aromatic nitrogens is 2. The second-order valence-electron chi connectivity index (χ2n) is 4.48. The highest BCUT2D eigenvalue weighted by molar-refractivity contribution is 5.70. The van der Waals surface area contributed by atoms with E-state index in [-0.39, 0.29) is 11.6 Å². The van der Waals surface area contributed by atoms with Crippen LogP contribution in [0.4, 0.5) is 11.5 Å². The molecule has 0 aliphatic heterocycles. The summed E-state index contributed by atoms with van der Waals surface area (Å²) in [6.07, 6.45) is 1.37. The van der Waals surface area contributed by atoms with Crippen LogP contribution in [0.25, 0.3) is 11.3 Å². The van der Waals surface area contributed by atoms with Crippen molar-refractivity contribution in [2.24, 2.45) is 0 Å². The summed E-state index contributed by atoms with van der Waals surface area (Å²) >= 11 is 0. The first-order valence-electron chi connectivity index (χ1n) is 5.86. The lowest BCUT2D eigenvalue weighted by Gasteiger charge is -2.13. The van der Waals surface area contributed by atoms with Crippen molar-refractivity contribution in [3.8, 4) is 11.3 Å². The summed E-state index contributed by atoms with van der Waals surface area (Å²) in [4.78, 5) is 18.6. The Morgan fingerprint density at radius 1 is 1.32 bits per heavy atom. The maximum atomic E-state index is 10.8. The first-order chi connectivity index (χ1) is 9.00. The van der Waals surface area contributed by atoms with Gasteiger partial charge >= 0.3 is 0 Å². The van der Waals surface area contributed by atoms with Crippen molar-refractivity contribution in [2.75, 3.05) is 5.73 Å². The van der Waals surface area contributed by atoms with E-state index in [1.54, 1.807) is 12.1 Å². The molecule has 98 valence electrons. The summed E-state index contributed by atoms with van der Waals surface area (Å²) in [6.45, 7) is 3.96. The van der Waals surface area contributed by atoms with Gasteiger partial charge in [0.2, 0.25) is 0 Å². The van der Waals surface area contributed by atoms with Gasteiger partial charge in [-0.2, -0.15) is 0 Å². The van der Waals surface area contributed by atoms with E-state index in [0.29, 0.717) is 17.1 Å². The van der Waals surface area contributed by atoms with Crippen molar-refractivity contribution in [3.63, 3.8) is 0 Å². The Balaban J connectivity index is 2.62.